The van der Waals surface area contributed by atoms with Crippen molar-refractivity contribution in [2.75, 3.05) is 0 Å². The van der Waals surface area contributed by atoms with E-state index in [-0.39, 0.29) is 5.41 Å². The number of rotatable bonds is 1. The molecule has 0 aromatic heterocycles. The molecule has 1 aromatic carbocycles. The SMILES string of the molecule is CC(=O)C1(C)CCCC2=C1CCc1ccccc12. The summed E-state index contributed by atoms with van der Waals surface area (Å²) in [5.74, 6) is 0.342. The van der Waals surface area contributed by atoms with Gasteiger partial charge in [-0.2, -0.15) is 0 Å². The summed E-state index contributed by atoms with van der Waals surface area (Å²) in [6, 6.07) is 8.71. The van der Waals surface area contributed by atoms with Crippen molar-refractivity contribution in [2.45, 2.75) is 46.0 Å². The maximum Gasteiger partial charge on any atom is 0.139 e. The van der Waals surface area contributed by atoms with E-state index in [9.17, 15) is 4.79 Å². The second-order valence-electron chi connectivity index (χ2n) is 5.86. The molecule has 0 saturated carbocycles. The highest BCUT2D eigenvalue weighted by atomic mass is 16.1. The molecule has 1 heteroatoms. The van der Waals surface area contributed by atoms with Gasteiger partial charge in [-0.05, 0) is 62.7 Å². The number of carbonyl (C=O) groups is 1. The predicted octanol–water partition coefficient (Wildman–Crippen LogP) is 4.17. The third kappa shape index (κ3) is 1.57. The first kappa shape index (κ1) is 11.7. The van der Waals surface area contributed by atoms with Crippen molar-refractivity contribution >= 4 is 11.4 Å². The van der Waals surface area contributed by atoms with E-state index in [1.165, 1.54) is 22.3 Å². The van der Waals surface area contributed by atoms with Crippen LogP contribution in [0.3, 0.4) is 0 Å². The summed E-state index contributed by atoms with van der Waals surface area (Å²) < 4.78 is 0. The Morgan fingerprint density at radius 1 is 1.17 bits per heavy atom. The molecular weight excluding hydrogens is 220 g/mol. The van der Waals surface area contributed by atoms with Crippen molar-refractivity contribution in [1.82, 2.24) is 0 Å². The van der Waals surface area contributed by atoms with Gasteiger partial charge in [0, 0.05) is 5.41 Å². The van der Waals surface area contributed by atoms with Gasteiger partial charge in [0.25, 0.3) is 0 Å². The first-order chi connectivity index (χ1) is 8.63. The molecule has 0 saturated heterocycles. The fourth-order valence-corrected chi connectivity index (χ4v) is 3.66. The average Bonchev–Trinajstić information content (AvgIpc) is 2.39. The van der Waals surface area contributed by atoms with Gasteiger partial charge in [0.2, 0.25) is 0 Å². The third-order valence-corrected chi connectivity index (χ3v) is 4.90. The first-order valence-electron chi connectivity index (χ1n) is 6.95. The molecule has 2 aliphatic rings. The number of benzene rings is 1. The molecule has 1 aromatic rings. The Balaban J connectivity index is 2.18. The van der Waals surface area contributed by atoms with Crippen LogP contribution in [0.25, 0.3) is 5.57 Å². The highest BCUT2D eigenvalue weighted by Gasteiger charge is 2.39. The van der Waals surface area contributed by atoms with E-state index >= 15 is 0 Å². The number of carbonyl (C=O) groups excluding carboxylic acids is 1. The highest BCUT2D eigenvalue weighted by molar-refractivity contribution is 5.90. The molecular formula is C17H20O. The normalized spacial score (nSPS) is 26.6. The van der Waals surface area contributed by atoms with Crippen LogP contribution in [0.4, 0.5) is 0 Å². The molecule has 0 spiro atoms. The molecule has 1 unspecified atom stereocenters. The monoisotopic (exact) mass is 240 g/mol. The number of ketones is 1. The number of fused-ring (bicyclic) bond motifs is 2. The first-order valence-corrected chi connectivity index (χ1v) is 6.95. The quantitative estimate of drug-likeness (QED) is 0.720. The van der Waals surface area contributed by atoms with E-state index in [0.29, 0.717) is 5.78 Å². The van der Waals surface area contributed by atoms with Gasteiger partial charge in [0.15, 0.2) is 0 Å². The van der Waals surface area contributed by atoms with Crippen LogP contribution < -0.4 is 0 Å². The lowest BCUT2D eigenvalue weighted by Gasteiger charge is -2.39. The summed E-state index contributed by atoms with van der Waals surface area (Å²) in [5, 5.41) is 0. The minimum Gasteiger partial charge on any atom is -0.299 e. The Bertz CT molecular complexity index is 538. The van der Waals surface area contributed by atoms with Crippen LogP contribution in [0.15, 0.2) is 29.8 Å². The number of Topliss-reactive ketones (excluding diaryl/α,β-unsaturated/α-hetero) is 1. The lowest BCUT2D eigenvalue weighted by atomic mass is 9.64. The maximum absolute atomic E-state index is 12.1. The standard InChI is InChI=1S/C17H20O/c1-12(18)17(2)11-5-8-15-14-7-4-3-6-13(14)9-10-16(15)17/h3-4,6-7H,5,8-11H2,1-2H3. The maximum atomic E-state index is 12.1. The van der Waals surface area contributed by atoms with Gasteiger partial charge in [0.1, 0.15) is 5.78 Å². The van der Waals surface area contributed by atoms with Crippen LogP contribution >= 0.6 is 0 Å². The molecule has 94 valence electrons. The molecule has 18 heavy (non-hydrogen) atoms. The van der Waals surface area contributed by atoms with Gasteiger partial charge in [-0.3, -0.25) is 4.79 Å². The fraction of sp³-hybridized carbons (Fsp3) is 0.471. The Morgan fingerprint density at radius 3 is 2.72 bits per heavy atom. The smallest absolute Gasteiger partial charge is 0.139 e. The van der Waals surface area contributed by atoms with Crippen LogP contribution in [-0.2, 0) is 11.2 Å². The van der Waals surface area contributed by atoms with Gasteiger partial charge in [-0.25, -0.2) is 0 Å². The number of hydrogen-bond acceptors (Lipinski definition) is 1. The molecule has 0 bridgehead atoms. The lowest BCUT2D eigenvalue weighted by Crippen LogP contribution is -2.33. The van der Waals surface area contributed by atoms with Crippen molar-refractivity contribution in [2.24, 2.45) is 5.41 Å². The Labute approximate surface area is 109 Å². The van der Waals surface area contributed by atoms with Gasteiger partial charge in [-0.1, -0.05) is 29.8 Å². The number of hydrogen-bond donors (Lipinski definition) is 0. The predicted molar refractivity (Wildman–Crippen MR) is 74.3 cm³/mol. The summed E-state index contributed by atoms with van der Waals surface area (Å²) >= 11 is 0. The molecule has 1 atom stereocenters. The van der Waals surface area contributed by atoms with Gasteiger partial charge >= 0.3 is 0 Å². The molecule has 0 fully saturated rings. The van der Waals surface area contributed by atoms with Crippen molar-refractivity contribution in [3.8, 4) is 0 Å². The summed E-state index contributed by atoms with van der Waals surface area (Å²) in [7, 11) is 0. The van der Waals surface area contributed by atoms with Crippen LogP contribution in [0.1, 0.15) is 50.7 Å². The third-order valence-electron chi connectivity index (χ3n) is 4.90. The molecule has 2 aliphatic carbocycles. The average molecular weight is 240 g/mol. The minimum absolute atomic E-state index is 0.193. The van der Waals surface area contributed by atoms with Crippen LogP contribution in [0.2, 0.25) is 0 Å². The van der Waals surface area contributed by atoms with Crippen molar-refractivity contribution in [1.29, 1.82) is 0 Å². The summed E-state index contributed by atoms with van der Waals surface area (Å²) in [6.45, 7) is 3.91. The molecule has 0 heterocycles. The van der Waals surface area contributed by atoms with Crippen molar-refractivity contribution in [3.05, 3.63) is 41.0 Å². The molecule has 0 N–H and O–H groups in total. The molecule has 0 aliphatic heterocycles. The second-order valence-corrected chi connectivity index (χ2v) is 5.86. The van der Waals surface area contributed by atoms with Gasteiger partial charge in [0.05, 0.1) is 0 Å². The Morgan fingerprint density at radius 2 is 1.94 bits per heavy atom. The van der Waals surface area contributed by atoms with Gasteiger partial charge < -0.3 is 0 Å². The Kier molecular flexibility index (Phi) is 2.65. The van der Waals surface area contributed by atoms with Crippen molar-refractivity contribution < 1.29 is 4.79 Å². The summed E-state index contributed by atoms with van der Waals surface area (Å²) in [4.78, 5) is 12.1. The number of allylic oxidation sites excluding steroid dienone is 2. The van der Waals surface area contributed by atoms with E-state index in [4.69, 9.17) is 0 Å². The Hall–Kier alpha value is -1.37. The van der Waals surface area contributed by atoms with Crippen LogP contribution in [0.5, 0.6) is 0 Å². The van der Waals surface area contributed by atoms with E-state index in [1.807, 2.05) is 0 Å². The largest absolute Gasteiger partial charge is 0.299 e. The van der Waals surface area contributed by atoms with E-state index in [0.717, 1.165) is 32.1 Å². The van der Waals surface area contributed by atoms with E-state index < -0.39 is 0 Å². The number of aryl methyl sites for hydroxylation is 1. The zero-order chi connectivity index (χ0) is 12.8. The van der Waals surface area contributed by atoms with Crippen molar-refractivity contribution in [3.63, 3.8) is 0 Å². The topological polar surface area (TPSA) is 17.1 Å². The summed E-state index contributed by atoms with van der Waals surface area (Å²) in [5.41, 5.74) is 5.58. The van der Waals surface area contributed by atoms with E-state index in [1.54, 1.807) is 6.92 Å². The molecule has 0 radical (unpaired) electrons. The second kappa shape index (κ2) is 4.08. The van der Waals surface area contributed by atoms with E-state index in [2.05, 4.69) is 31.2 Å². The minimum atomic E-state index is -0.193. The lowest BCUT2D eigenvalue weighted by molar-refractivity contribution is -0.124. The van der Waals surface area contributed by atoms with Gasteiger partial charge in [-0.15, -0.1) is 0 Å². The highest BCUT2D eigenvalue weighted by Crippen LogP contribution is 2.49. The molecule has 3 rings (SSSR count). The summed E-state index contributed by atoms with van der Waals surface area (Å²) in [6.07, 6.45) is 5.49. The van der Waals surface area contributed by atoms with Crippen LogP contribution in [-0.4, -0.2) is 5.78 Å². The fourth-order valence-electron chi connectivity index (χ4n) is 3.66. The zero-order valence-corrected chi connectivity index (χ0v) is 11.3. The van der Waals surface area contributed by atoms with Crippen LogP contribution in [0, 0.1) is 5.41 Å². The zero-order valence-electron chi connectivity index (χ0n) is 11.3. The molecule has 0 amide bonds. The molecule has 1 nitrogen and oxygen atoms in total.